The van der Waals surface area contributed by atoms with Crippen LogP contribution in [0.1, 0.15) is 53.6 Å². The number of alkyl halides is 2. The summed E-state index contributed by atoms with van der Waals surface area (Å²) in [5.74, 6) is -6.94. The number of ether oxygens (including phenoxy) is 1. The van der Waals surface area contributed by atoms with Gasteiger partial charge in [-0.15, -0.1) is 0 Å². The van der Waals surface area contributed by atoms with Crippen LogP contribution >= 0.6 is 69.0 Å². The number of hydrogen-bond donors (Lipinski definition) is 1. The Hall–Kier alpha value is -6.35. The second kappa shape index (κ2) is 28.9. The Morgan fingerprint density at radius 2 is 1.01 bits per heavy atom. The summed E-state index contributed by atoms with van der Waals surface area (Å²) in [6.45, 7) is 1.82. The van der Waals surface area contributed by atoms with Gasteiger partial charge in [0.2, 0.25) is 0 Å². The zero-order valence-electron chi connectivity index (χ0n) is 45.2. The van der Waals surface area contributed by atoms with Crippen LogP contribution in [0.5, 0.6) is 0 Å². The molecule has 2 aliphatic heterocycles. The number of anilines is 4. The van der Waals surface area contributed by atoms with E-state index >= 15 is 0 Å². The predicted octanol–water partition coefficient (Wildman–Crippen LogP) is 13.7. The third-order valence-corrected chi connectivity index (χ3v) is 15.4. The molecule has 4 aromatic carbocycles. The van der Waals surface area contributed by atoms with Crippen LogP contribution in [-0.4, -0.2) is 127 Å². The molecule has 1 radical (unpaired) electrons. The molecule has 0 spiro atoms. The number of esters is 1. The van der Waals surface area contributed by atoms with Crippen molar-refractivity contribution in [2.45, 2.75) is 45.0 Å². The van der Waals surface area contributed by atoms with E-state index in [4.69, 9.17) is 56.2 Å². The van der Waals surface area contributed by atoms with Crippen molar-refractivity contribution in [3.05, 3.63) is 157 Å². The molecule has 6 heterocycles. The van der Waals surface area contributed by atoms with E-state index in [0.29, 0.717) is 33.1 Å². The normalized spacial score (nSPS) is 16.6. The van der Waals surface area contributed by atoms with E-state index in [9.17, 15) is 45.5 Å². The molecule has 0 aliphatic carbocycles. The van der Waals surface area contributed by atoms with Crippen molar-refractivity contribution in [3.63, 3.8) is 0 Å². The van der Waals surface area contributed by atoms with Crippen LogP contribution in [0.2, 0.25) is 20.1 Å². The van der Waals surface area contributed by atoms with Gasteiger partial charge in [-0.25, -0.2) is 36.3 Å². The molecule has 16 nitrogen and oxygen atoms in total. The number of carbonyl (C=O) groups excluding carboxylic acids is 3. The van der Waals surface area contributed by atoms with E-state index in [1.165, 1.54) is 37.0 Å². The Balaban J connectivity index is 0.000000234. The van der Waals surface area contributed by atoms with Gasteiger partial charge >= 0.3 is 11.9 Å². The summed E-state index contributed by atoms with van der Waals surface area (Å²) < 4.78 is 94.7. The molecule has 2 fully saturated rings. The van der Waals surface area contributed by atoms with E-state index < -0.39 is 81.2 Å². The third kappa shape index (κ3) is 14.9. The third-order valence-electron chi connectivity index (χ3n) is 14.0. The molecule has 4 aromatic heterocycles. The van der Waals surface area contributed by atoms with E-state index in [-0.39, 0.29) is 122 Å². The number of rotatable bonds is 13. The molecule has 0 unspecified atom stereocenters. The number of para-hydroxylation sites is 2. The molecular formula is C57H50Cl4F6IN10O6V-. The van der Waals surface area contributed by atoms with Crippen LogP contribution in [0.4, 0.5) is 49.4 Å². The molecule has 0 saturated carbocycles. The molecule has 85 heavy (non-hydrogen) atoms. The number of hydrogen-bond acceptors (Lipinski definition) is 11. The fraction of sp³-hybridized carbons (Fsp3) is 0.281. The number of halogens is 11. The summed E-state index contributed by atoms with van der Waals surface area (Å²) in [6.07, 6.45) is -2.79. The van der Waals surface area contributed by atoms with Crippen LogP contribution in [-0.2, 0) is 32.9 Å². The van der Waals surface area contributed by atoms with Gasteiger partial charge in [-0.2, -0.15) is 19.2 Å². The van der Waals surface area contributed by atoms with Crippen molar-refractivity contribution >= 4 is 127 Å². The van der Waals surface area contributed by atoms with Gasteiger partial charge in [0.25, 0.3) is 11.8 Å². The fourth-order valence-electron chi connectivity index (χ4n) is 9.72. The minimum absolute atomic E-state index is 0. The van der Waals surface area contributed by atoms with Gasteiger partial charge < -0.3 is 52.0 Å². The summed E-state index contributed by atoms with van der Waals surface area (Å²) in [5, 5.41) is 17.5. The maximum Gasteiger partial charge on any atom is 0.306 e. The van der Waals surface area contributed by atoms with Crippen LogP contribution in [0.25, 0.3) is 33.8 Å². The SMILES string of the molecule is CCOC(=O)C[C@@H]1CCN(C(=O)c2cc3nc(-c4cc(F)c(Cl)c(F)c4)cc(N(C)c4ccccc4Cl)n3n2)C[C@@H]1F.CN(c1ccccc1Cl)c1cc(-c2cc(F)c(Cl)c(F)c2)nc2cc(C(=O)N3CC[C@@H](CC(=O)O)[C@@H](F)C3)nn12.[CH2-]I.[V]. The van der Waals surface area contributed by atoms with Gasteiger partial charge in [0.1, 0.15) is 57.3 Å². The quantitative estimate of drug-likeness (QED) is 0.0381. The smallest absolute Gasteiger partial charge is 0.306 e. The zero-order chi connectivity index (χ0) is 60.8. The molecule has 2 aliphatic rings. The van der Waals surface area contributed by atoms with Gasteiger partial charge in [-0.1, -0.05) is 70.7 Å². The van der Waals surface area contributed by atoms with E-state index in [1.54, 1.807) is 85.4 Å². The van der Waals surface area contributed by atoms with Crippen molar-refractivity contribution in [2.75, 3.05) is 56.7 Å². The van der Waals surface area contributed by atoms with Gasteiger partial charge in [-0.3, -0.25) is 24.1 Å². The number of carboxylic acid groups (broad SMARTS) is 1. The van der Waals surface area contributed by atoms with Crippen LogP contribution in [0.15, 0.2) is 97.1 Å². The Bertz CT molecular complexity index is 3750. The number of likely N-dealkylation sites (tertiary alicyclic amines) is 2. The molecule has 1 N–H and O–H groups in total. The molecule has 0 bridgehead atoms. The van der Waals surface area contributed by atoms with E-state index in [0.717, 1.165) is 24.3 Å². The maximum atomic E-state index is 15.0. The predicted molar refractivity (Wildman–Crippen MR) is 316 cm³/mol. The van der Waals surface area contributed by atoms with Crippen molar-refractivity contribution in [3.8, 4) is 22.5 Å². The monoisotopic (exact) mass is 1400 g/mol. The number of benzene rings is 4. The molecule has 2 amide bonds. The summed E-state index contributed by atoms with van der Waals surface area (Å²) >= 11 is 26.1. The van der Waals surface area contributed by atoms with Gasteiger partial charge in [0, 0.05) is 93.0 Å². The second-order valence-electron chi connectivity index (χ2n) is 19.4. The van der Waals surface area contributed by atoms with E-state index in [2.05, 4.69) is 25.1 Å². The molecule has 447 valence electrons. The first-order valence-electron chi connectivity index (χ1n) is 25.7. The number of piperidine rings is 2. The summed E-state index contributed by atoms with van der Waals surface area (Å²) in [7, 11) is 3.42. The van der Waals surface area contributed by atoms with Crippen LogP contribution in [0, 0.1) is 40.0 Å². The van der Waals surface area contributed by atoms with E-state index in [1.807, 2.05) is 22.6 Å². The fourth-order valence-corrected chi connectivity index (χ4v) is 10.5. The number of aromatic nitrogens is 6. The number of aliphatic carboxylic acids is 1. The minimum atomic E-state index is -1.49. The first kappa shape index (κ1) is 66.2. The minimum Gasteiger partial charge on any atom is -0.481 e. The standard InChI is InChI=1S/C29H26Cl2F3N5O3.C27H22Cl2F3N5O3.CH2I.V/c1-3-42-27(40)12-16-8-9-38(15-21(16)34)29(41)23-13-25-35-22(17-10-19(32)28(31)20(33)11-17)14-26(39(25)36-23)37(2)24-7-5-4-6-18(24)30;1-35(22-5-3-2-4-16(22)28)24-12-20(15-8-17(30)26(29)18(31)9-15)33-23-11-21(34-37(23)24)27(40)36-7-6-14(10-25(38)39)19(32)13-36;1-2;/h4-7,10-11,13-14,16,21H,3,8-9,12,15H2,1-2H3;2-5,8-9,11-12,14,19H,6-7,10,13H2,1H3,(H,38,39);1H2;/q;;-1;/t16-,21-;14-,19-;;/m00../s1. The van der Waals surface area contributed by atoms with Gasteiger partial charge in [0.15, 0.2) is 22.7 Å². The van der Waals surface area contributed by atoms with Crippen molar-refractivity contribution < 1.29 is 73.9 Å². The Labute approximate surface area is 529 Å². The van der Waals surface area contributed by atoms with Crippen molar-refractivity contribution in [2.24, 2.45) is 11.8 Å². The number of carboxylic acids is 1. The summed E-state index contributed by atoms with van der Waals surface area (Å²) in [5.41, 5.74) is 2.11. The van der Waals surface area contributed by atoms with Crippen LogP contribution in [0.3, 0.4) is 0 Å². The topological polar surface area (TPSA) is 171 Å². The number of carbonyl (C=O) groups is 4. The molecular weight excluding hydrogens is 1350 g/mol. The van der Waals surface area contributed by atoms with Gasteiger partial charge in [-0.05, 0) is 68.3 Å². The first-order valence-corrected chi connectivity index (χ1v) is 28.7. The first-order chi connectivity index (χ1) is 40.1. The second-order valence-corrected chi connectivity index (χ2v) is 20.9. The van der Waals surface area contributed by atoms with Gasteiger partial charge in [0.05, 0.1) is 65.3 Å². The summed E-state index contributed by atoms with van der Waals surface area (Å²) in [4.78, 5) is 67.8. The maximum absolute atomic E-state index is 15.0. The average molecular weight is 1400 g/mol. The average Bonchev–Trinajstić information content (AvgIpc) is 2.99. The molecule has 28 heteroatoms. The Morgan fingerprint density at radius 1 is 0.635 bits per heavy atom. The Kier molecular flexibility index (Phi) is 22.5. The largest absolute Gasteiger partial charge is 0.481 e. The van der Waals surface area contributed by atoms with Crippen LogP contribution < -0.4 is 9.80 Å². The Morgan fingerprint density at radius 3 is 1.36 bits per heavy atom. The zero-order valence-corrected chi connectivity index (χ0v) is 51.8. The molecule has 8 aromatic rings. The molecule has 10 rings (SSSR count). The number of amides is 2. The van der Waals surface area contributed by atoms with Crippen molar-refractivity contribution in [1.82, 2.24) is 39.0 Å². The van der Waals surface area contributed by atoms with Crippen molar-refractivity contribution in [1.29, 1.82) is 0 Å². The number of nitrogens with zero attached hydrogens (tertiary/aromatic N) is 10. The summed E-state index contributed by atoms with van der Waals surface area (Å²) in [6, 6.07) is 24.2. The number of fused-ring (bicyclic) bond motifs is 2. The molecule has 2 saturated heterocycles. The molecule has 4 atom stereocenters.